The summed E-state index contributed by atoms with van der Waals surface area (Å²) in [6.45, 7) is -0.0515. The van der Waals surface area contributed by atoms with Crippen LogP contribution in [0, 0.1) is 0 Å². The second-order valence-electron chi connectivity index (χ2n) is 7.56. The SMILES string of the molecule is O=C(CNC(=O)c1ccc(-c2ccccc2)cc1)N[B]C1CCCc2ccccc21. The Bertz CT molecular complexity index is 1020. The number of amides is 2. The molecule has 2 amide bonds. The Morgan fingerprint density at radius 2 is 1.57 bits per heavy atom. The maximum atomic E-state index is 12.4. The molecular weight excluding hydrogens is 371 g/mol. The first kappa shape index (κ1) is 20.0. The molecule has 0 fully saturated rings. The van der Waals surface area contributed by atoms with Gasteiger partial charge in [-0.05, 0) is 53.0 Å². The minimum Gasteiger partial charge on any atom is -0.401 e. The lowest BCUT2D eigenvalue weighted by atomic mass is 9.64. The van der Waals surface area contributed by atoms with Gasteiger partial charge in [-0.25, -0.2) is 0 Å². The van der Waals surface area contributed by atoms with E-state index in [9.17, 15) is 9.59 Å². The number of fused-ring (bicyclic) bond motifs is 1. The summed E-state index contributed by atoms with van der Waals surface area (Å²) in [6.07, 6.45) is 3.23. The summed E-state index contributed by atoms with van der Waals surface area (Å²) in [5.41, 5.74) is 5.32. The van der Waals surface area contributed by atoms with Gasteiger partial charge < -0.3 is 10.5 Å². The van der Waals surface area contributed by atoms with E-state index < -0.39 is 0 Å². The number of hydrogen-bond donors (Lipinski definition) is 2. The zero-order chi connectivity index (χ0) is 20.8. The predicted molar refractivity (Wildman–Crippen MR) is 120 cm³/mol. The quantitative estimate of drug-likeness (QED) is 0.622. The molecule has 0 bridgehead atoms. The maximum Gasteiger partial charge on any atom is 0.254 e. The molecule has 1 aliphatic carbocycles. The molecule has 149 valence electrons. The van der Waals surface area contributed by atoms with Crippen molar-refractivity contribution in [1.82, 2.24) is 10.5 Å². The molecule has 1 radical (unpaired) electrons. The standard InChI is InChI=1S/C25H24BN2O2/c29-24(28-26-23-12-6-10-20-9-4-5-11-22(20)23)17-27-25(30)21-15-13-19(14-16-21)18-7-2-1-3-8-18/h1-5,7-9,11,13-16,23H,6,10,12,17H2,(H,27,30)(H,28,29). The van der Waals surface area contributed by atoms with Crippen LogP contribution in [0.5, 0.6) is 0 Å². The fourth-order valence-electron chi connectivity index (χ4n) is 3.92. The van der Waals surface area contributed by atoms with Crippen LogP contribution in [0.4, 0.5) is 0 Å². The molecule has 0 aromatic heterocycles. The topological polar surface area (TPSA) is 58.2 Å². The third-order valence-electron chi connectivity index (χ3n) is 5.53. The van der Waals surface area contributed by atoms with Crippen LogP contribution in [0.15, 0.2) is 78.9 Å². The van der Waals surface area contributed by atoms with E-state index in [2.05, 4.69) is 28.7 Å². The van der Waals surface area contributed by atoms with Crippen molar-refractivity contribution < 1.29 is 9.59 Å². The van der Waals surface area contributed by atoms with Crippen LogP contribution in [-0.4, -0.2) is 25.8 Å². The van der Waals surface area contributed by atoms with Gasteiger partial charge >= 0.3 is 0 Å². The summed E-state index contributed by atoms with van der Waals surface area (Å²) < 4.78 is 0. The van der Waals surface area contributed by atoms with Crippen molar-refractivity contribution >= 4 is 19.2 Å². The molecule has 3 aromatic rings. The molecule has 0 saturated carbocycles. The first-order valence-corrected chi connectivity index (χ1v) is 10.3. The number of carbonyl (C=O) groups excluding carboxylic acids is 2. The van der Waals surface area contributed by atoms with Crippen LogP contribution in [-0.2, 0) is 11.2 Å². The highest BCUT2D eigenvalue weighted by molar-refractivity contribution is 6.39. The van der Waals surface area contributed by atoms with E-state index in [4.69, 9.17) is 0 Å². The highest BCUT2D eigenvalue weighted by atomic mass is 16.2. The Labute approximate surface area is 178 Å². The third-order valence-corrected chi connectivity index (χ3v) is 5.53. The van der Waals surface area contributed by atoms with Crippen molar-refractivity contribution in [3.63, 3.8) is 0 Å². The molecule has 4 nitrogen and oxygen atoms in total. The lowest BCUT2D eigenvalue weighted by Gasteiger charge is -2.24. The van der Waals surface area contributed by atoms with Crippen molar-refractivity contribution in [2.24, 2.45) is 0 Å². The van der Waals surface area contributed by atoms with Gasteiger partial charge in [0.05, 0.1) is 6.54 Å². The summed E-state index contributed by atoms with van der Waals surface area (Å²) in [4.78, 5) is 24.6. The van der Waals surface area contributed by atoms with Gasteiger partial charge in [0.2, 0.25) is 5.91 Å². The van der Waals surface area contributed by atoms with E-state index in [0.717, 1.165) is 30.4 Å². The first-order valence-electron chi connectivity index (χ1n) is 10.3. The Hall–Kier alpha value is -3.34. The highest BCUT2D eigenvalue weighted by Gasteiger charge is 2.21. The molecule has 5 heteroatoms. The number of hydrogen-bond acceptors (Lipinski definition) is 2. The van der Waals surface area contributed by atoms with Crippen molar-refractivity contribution in [1.29, 1.82) is 0 Å². The van der Waals surface area contributed by atoms with Gasteiger partial charge in [-0.3, -0.25) is 9.59 Å². The first-order chi connectivity index (χ1) is 14.7. The summed E-state index contributed by atoms with van der Waals surface area (Å²) in [5.74, 6) is -0.250. The Kier molecular flexibility index (Phi) is 6.28. The number of nitrogens with one attached hydrogen (secondary N) is 2. The molecule has 30 heavy (non-hydrogen) atoms. The van der Waals surface area contributed by atoms with Crippen LogP contribution in [0.1, 0.15) is 40.1 Å². The molecule has 0 heterocycles. The van der Waals surface area contributed by atoms with Gasteiger partial charge in [-0.15, -0.1) is 0 Å². The Morgan fingerprint density at radius 3 is 2.37 bits per heavy atom. The number of carbonyl (C=O) groups is 2. The van der Waals surface area contributed by atoms with Crippen molar-refractivity contribution in [3.05, 3.63) is 95.6 Å². The molecule has 0 saturated heterocycles. The van der Waals surface area contributed by atoms with E-state index in [1.807, 2.05) is 55.9 Å². The van der Waals surface area contributed by atoms with Crippen LogP contribution >= 0.6 is 0 Å². The number of rotatable bonds is 6. The van der Waals surface area contributed by atoms with E-state index in [1.54, 1.807) is 12.1 Å². The molecule has 4 rings (SSSR count). The molecular formula is C25H24BN2O2. The fourth-order valence-corrected chi connectivity index (χ4v) is 3.92. The smallest absolute Gasteiger partial charge is 0.254 e. The molecule has 0 spiro atoms. The van der Waals surface area contributed by atoms with Gasteiger partial charge in [0, 0.05) is 5.56 Å². The molecule has 0 aliphatic heterocycles. The van der Waals surface area contributed by atoms with Gasteiger partial charge in [0.25, 0.3) is 13.3 Å². The van der Waals surface area contributed by atoms with Gasteiger partial charge in [0.15, 0.2) is 0 Å². The average molecular weight is 395 g/mol. The van der Waals surface area contributed by atoms with Crippen molar-refractivity contribution in [2.75, 3.05) is 6.54 Å². The monoisotopic (exact) mass is 395 g/mol. The molecule has 3 aromatic carbocycles. The van der Waals surface area contributed by atoms with E-state index >= 15 is 0 Å². The molecule has 1 unspecified atom stereocenters. The summed E-state index contributed by atoms with van der Waals surface area (Å²) >= 11 is 0. The average Bonchev–Trinajstić information content (AvgIpc) is 2.82. The minimum absolute atomic E-state index is 0.0515. The van der Waals surface area contributed by atoms with Crippen molar-refractivity contribution in [3.8, 4) is 11.1 Å². The van der Waals surface area contributed by atoms with Crippen molar-refractivity contribution in [2.45, 2.75) is 25.1 Å². The molecule has 1 aliphatic rings. The van der Waals surface area contributed by atoms with Crippen LogP contribution in [0.25, 0.3) is 11.1 Å². The zero-order valence-corrected chi connectivity index (χ0v) is 16.8. The normalized spacial score (nSPS) is 15.0. The van der Waals surface area contributed by atoms with Crippen LogP contribution in [0.3, 0.4) is 0 Å². The largest absolute Gasteiger partial charge is 0.401 e. The maximum absolute atomic E-state index is 12.4. The lowest BCUT2D eigenvalue weighted by molar-refractivity contribution is -0.118. The summed E-state index contributed by atoms with van der Waals surface area (Å²) in [5, 5.41) is 5.55. The zero-order valence-electron chi connectivity index (χ0n) is 16.8. The van der Waals surface area contributed by atoms with Gasteiger partial charge in [-0.2, -0.15) is 0 Å². The highest BCUT2D eigenvalue weighted by Crippen LogP contribution is 2.29. The second kappa shape index (κ2) is 9.44. The summed E-state index contributed by atoms with van der Waals surface area (Å²) in [6, 6.07) is 25.8. The molecule has 1 atom stereocenters. The van der Waals surface area contributed by atoms with Crippen LogP contribution in [0.2, 0.25) is 0 Å². The Balaban J connectivity index is 1.27. The van der Waals surface area contributed by atoms with E-state index in [-0.39, 0.29) is 24.2 Å². The predicted octanol–water partition coefficient (Wildman–Crippen LogP) is 3.90. The van der Waals surface area contributed by atoms with Crippen LogP contribution < -0.4 is 10.5 Å². The third kappa shape index (κ3) is 4.80. The number of aryl methyl sites for hydroxylation is 1. The lowest BCUT2D eigenvalue weighted by Crippen LogP contribution is -2.40. The summed E-state index contributed by atoms with van der Waals surface area (Å²) in [7, 11) is 1.86. The second-order valence-corrected chi connectivity index (χ2v) is 7.56. The number of benzene rings is 3. The van der Waals surface area contributed by atoms with E-state index in [1.165, 1.54) is 11.1 Å². The van der Waals surface area contributed by atoms with Gasteiger partial charge in [0.1, 0.15) is 0 Å². The Morgan fingerprint density at radius 1 is 0.867 bits per heavy atom. The minimum atomic E-state index is -0.257. The van der Waals surface area contributed by atoms with E-state index in [0.29, 0.717) is 5.56 Å². The van der Waals surface area contributed by atoms with Gasteiger partial charge in [-0.1, -0.05) is 73.2 Å². The molecule has 2 N–H and O–H groups in total. The fraction of sp³-hybridized carbons (Fsp3) is 0.200.